The van der Waals surface area contributed by atoms with E-state index in [1.165, 1.54) is 17.7 Å². The van der Waals surface area contributed by atoms with Crippen molar-refractivity contribution in [3.05, 3.63) is 0 Å². The molecule has 0 radical (unpaired) electrons. The Balaban J connectivity index is 5.40. The van der Waals surface area contributed by atoms with Crippen molar-refractivity contribution in [2.45, 2.75) is 79.0 Å². The molecular weight excluding hydrogens is 330 g/mol. The van der Waals surface area contributed by atoms with Crippen molar-refractivity contribution in [2.24, 2.45) is 5.41 Å². The molecular formula is C17H35NO5S. The van der Waals surface area contributed by atoms with Gasteiger partial charge in [-0.1, -0.05) is 20.8 Å². The largest absolute Gasteiger partial charge is 0.469 e. The third-order valence-electron chi connectivity index (χ3n) is 4.02. The van der Waals surface area contributed by atoms with Crippen LogP contribution in [0.25, 0.3) is 0 Å². The minimum Gasteiger partial charge on any atom is -0.469 e. The maximum Gasteiger partial charge on any atom is 0.305 e. The summed E-state index contributed by atoms with van der Waals surface area (Å²) < 4.78 is 36.7. The first-order chi connectivity index (χ1) is 10.6. The molecule has 7 heteroatoms. The lowest BCUT2D eigenvalue weighted by Crippen LogP contribution is -2.53. The molecule has 0 amide bonds. The van der Waals surface area contributed by atoms with E-state index in [1.807, 2.05) is 27.7 Å². The van der Waals surface area contributed by atoms with Crippen LogP contribution in [0, 0.1) is 5.41 Å². The zero-order chi connectivity index (χ0) is 19.3. The fourth-order valence-corrected chi connectivity index (χ4v) is 4.18. The van der Waals surface area contributed by atoms with Gasteiger partial charge in [0.2, 0.25) is 10.0 Å². The lowest BCUT2D eigenvalue weighted by Gasteiger charge is -2.40. The van der Waals surface area contributed by atoms with Gasteiger partial charge in [-0.2, -0.15) is 4.31 Å². The highest BCUT2D eigenvalue weighted by Gasteiger charge is 2.37. The first kappa shape index (κ1) is 23.3. The summed E-state index contributed by atoms with van der Waals surface area (Å²) in [5.41, 5.74) is -0.659. The fraction of sp³-hybridized carbons (Fsp3) is 0.941. The summed E-state index contributed by atoms with van der Waals surface area (Å²) in [5.74, 6) is -0.355. The number of nitrogens with zero attached hydrogens (tertiary/aromatic N) is 1. The molecule has 24 heavy (non-hydrogen) atoms. The molecule has 0 rings (SSSR count). The lowest BCUT2D eigenvalue weighted by molar-refractivity contribution is -0.141. The van der Waals surface area contributed by atoms with Gasteiger partial charge < -0.3 is 9.47 Å². The van der Waals surface area contributed by atoms with E-state index in [9.17, 15) is 13.2 Å². The van der Waals surface area contributed by atoms with E-state index in [0.29, 0.717) is 6.42 Å². The smallest absolute Gasteiger partial charge is 0.305 e. The van der Waals surface area contributed by atoms with Gasteiger partial charge in [0.15, 0.2) is 0 Å². The Labute approximate surface area is 147 Å². The van der Waals surface area contributed by atoms with Crippen LogP contribution in [-0.4, -0.2) is 56.3 Å². The summed E-state index contributed by atoms with van der Waals surface area (Å²) in [5, 5.41) is 0. The summed E-state index contributed by atoms with van der Waals surface area (Å²) in [7, 11) is -2.13. The van der Waals surface area contributed by atoms with Gasteiger partial charge in [0.1, 0.15) is 0 Å². The predicted molar refractivity (Wildman–Crippen MR) is 96.3 cm³/mol. The second kappa shape index (κ2) is 8.63. The van der Waals surface area contributed by atoms with Crippen LogP contribution in [0.15, 0.2) is 0 Å². The molecule has 0 aromatic carbocycles. The number of hydrogen-bond acceptors (Lipinski definition) is 5. The van der Waals surface area contributed by atoms with Crippen LogP contribution in [0.2, 0.25) is 0 Å². The summed E-state index contributed by atoms with van der Waals surface area (Å²) in [6.07, 6.45) is 1.65. The molecule has 0 aromatic rings. The Kier molecular flexibility index (Phi) is 8.39. The molecule has 0 N–H and O–H groups in total. The van der Waals surface area contributed by atoms with Crippen LogP contribution in [0.3, 0.4) is 0 Å². The zero-order valence-corrected chi connectivity index (χ0v) is 17.5. The van der Waals surface area contributed by atoms with E-state index in [1.54, 1.807) is 0 Å². The third kappa shape index (κ3) is 7.94. The number of carbonyl (C=O) groups is 1. The van der Waals surface area contributed by atoms with Crippen LogP contribution >= 0.6 is 0 Å². The highest BCUT2D eigenvalue weighted by molar-refractivity contribution is 7.88. The van der Waals surface area contributed by atoms with Gasteiger partial charge in [-0.3, -0.25) is 4.79 Å². The van der Waals surface area contributed by atoms with Crippen LogP contribution in [0.5, 0.6) is 0 Å². The second-order valence-corrected chi connectivity index (χ2v) is 10.2. The Hall–Kier alpha value is -0.660. The Morgan fingerprint density at radius 2 is 1.62 bits per heavy atom. The molecule has 0 saturated carbocycles. The van der Waals surface area contributed by atoms with Crippen molar-refractivity contribution in [1.29, 1.82) is 0 Å². The predicted octanol–water partition coefficient (Wildman–Crippen LogP) is 2.82. The van der Waals surface area contributed by atoms with Gasteiger partial charge in [0.25, 0.3) is 0 Å². The lowest BCUT2D eigenvalue weighted by atomic mass is 9.90. The number of ether oxygens (including phenoxy) is 2. The first-order valence-corrected chi connectivity index (χ1v) is 10.1. The van der Waals surface area contributed by atoms with Crippen LogP contribution in [-0.2, 0) is 24.3 Å². The van der Waals surface area contributed by atoms with Gasteiger partial charge in [-0.05, 0) is 39.5 Å². The van der Waals surface area contributed by atoms with Crippen LogP contribution in [0.1, 0.15) is 61.3 Å². The number of esters is 1. The molecule has 2 unspecified atom stereocenters. The second-order valence-electron chi connectivity index (χ2n) is 8.34. The molecule has 0 spiro atoms. The van der Waals surface area contributed by atoms with Gasteiger partial charge in [-0.15, -0.1) is 0 Å². The van der Waals surface area contributed by atoms with Crippen molar-refractivity contribution < 1.29 is 22.7 Å². The van der Waals surface area contributed by atoms with Gasteiger partial charge in [0, 0.05) is 18.0 Å². The molecule has 0 aliphatic rings. The van der Waals surface area contributed by atoms with Crippen molar-refractivity contribution in [3.63, 3.8) is 0 Å². The number of methoxy groups -OCH3 is 1. The Morgan fingerprint density at radius 1 is 1.12 bits per heavy atom. The van der Waals surface area contributed by atoms with E-state index >= 15 is 0 Å². The minimum absolute atomic E-state index is 0.0421. The molecule has 0 aromatic heterocycles. The van der Waals surface area contributed by atoms with Crippen molar-refractivity contribution in [2.75, 3.05) is 20.0 Å². The van der Waals surface area contributed by atoms with Crippen molar-refractivity contribution >= 4 is 16.0 Å². The summed E-state index contributed by atoms with van der Waals surface area (Å²) in [6.45, 7) is 13.9. The van der Waals surface area contributed by atoms with Gasteiger partial charge in [-0.25, -0.2) is 8.42 Å². The van der Waals surface area contributed by atoms with E-state index in [-0.39, 0.29) is 30.5 Å². The van der Waals surface area contributed by atoms with Gasteiger partial charge >= 0.3 is 5.97 Å². The maximum absolute atomic E-state index is 12.3. The number of rotatable bonds is 8. The molecule has 0 heterocycles. The number of sulfonamides is 1. The average Bonchev–Trinajstić information content (AvgIpc) is 2.36. The maximum atomic E-state index is 12.3. The standard InChI is InChI=1S/C17H35NO5S/c1-13(16(2,3)4)23-12-14(10-11-15(19)22-8)18(17(5,6)7)24(9,20)21/h13-14H,10-12H2,1-9H3. The summed E-state index contributed by atoms with van der Waals surface area (Å²) in [6, 6.07) is -0.427. The normalized spacial score (nSPS) is 16.1. The molecule has 144 valence electrons. The topological polar surface area (TPSA) is 72.9 Å². The van der Waals surface area contributed by atoms with Crippen molar-refractivity contribution in [3.8, 4) is 0 Å². The third-order valence-corrected chi connectivity index (χ3v) is 5.58. The molecule has 0 bridgehead atoms. The van der Waals surface area contributed by atoms with Gasteiger partial charge in [0.05, 0.1) is 26.1 Å². The van der Waals surface area contributed by atoms with E-state index in [2.05, 4.69) is 25.5 Å². The quantitative estimate of drug-likeness (QED) is 0.619. The monoisotopic (exact) mass is 365 g/mol. The SMILES string of the molecule is COC(=O)CCC(COC(C)C(C)(C)C)N(C(C)(C)C)S(C)(=O)=O. The van der Waals surface area contributed by atoms with E-state index < -0.39 is 21.6 Å². The highest BCUT2D eigenvalue weighted by Crippen LogP contribution is 2.27. The number of carbonyl (C=O) groups excluding carboxylic acids is 1. The highest BCUT2D eigenvalue weighted by atomic mass is 32.2. The minimum atomic E-state index is -3.46. The molecule has 2 atom stereocenters. The van der Waals surface area contributed by atoms with Crippen LogP contribution in [0.4, 0.5) is 0 Å². The molecule has 0 fully saturated rings. The summed E-state index contributed by atoms with van der Waals surface area (Å²) >= 11 is 0. The average molecular weight is 366 g/mol. The molecule has 0 aliphatic carbocycles. The molecule has 0 saturated heterocycles. The number of hydrogen-bond donors (Lipinski definition) is 0. The Bertz CT molecular complexity index is 502. The zero-order valence-electron chi connectivity index (χ0n) is 16.7. The first-order valence-electron chi connectivity index (χ1n) is 8.28. The molecule has 6 nitrogen and oxygen atoms in total. The van der Waals surface area contributed by atoms with Crippen molar-refractivity contribution in [1.82, 2.24) is 4.31 Å². The Morgan fingerprint density at radius 3 is 1.96 bits per heavy atom. The summed E-state index contributed by atoms with van der Waals surface area (Å²) in [4.78, 5) is 11.5. The van der Waals surface area contributed by atoms with Crippen LogP contribution < -0.4 is 0 Å². The van der Waals surface area contributed by atoms with E-state index in [4.69, 9.17) is 4.74 Å². The molecule has 0 aliphatic heterocycles. The fourth-order valence-electron chi connectivity index (χ4n) is 2.48. The van der Waals surface area contributed by atoms with E-state index in [0.717, 1.165) is 0 Å².